The van der Waals surface area contributed by atoms with Crippen molar-refractivity contribution in [1.82, 2.24) is 0 Å². The summed E-state index contributed by atoms with van der Waals surface area (Å²) in [5.41, 5.74) is 7.83. The first-order valence-corrected chi connectivity index (χ1v) is 4.11. The molecule has 0 bridgehead atoms. The van der Waals surface area contributed by atoms with Gasteiger partial charge in [-0.15, -0.1) is 0 Å². The average molecular weight is 167 g/mol. The van der Waals surface area contributed by atoms with Crippen LogP contribution in [0.1, 0.15) is 16.7 Å². The van der Waals surface area contributed by atoms with Gasteiger partial charge in [-0.1, -0.05) is 12.1 Å². The van der Waals surface area contributed by atoms with Gasteiger partial charge in [0.15, 0.2) is 0 Å². The molecule has 0 amide bonds. The van der Waals surface area contributed by atoms with Gasteiger partial charge in [-0.25, -0.2) is 4.39 Å². The van der Waals surface area contributed by atoms with Crippen molar-refractivity contribution in [3.8, 4) is 0 Å². The molecule has 0 aliphatic heterocycles. The van der Waals surface area contributed by atoms with Crippen molar-refractivity contribution in [2.45, 2.75) is 20.3 Å². The molecule has 0 fully saturated rings. The van der Waals surface area contributed by atoms with E-state index in [0.29, 0.717) is 18.5 Å². The Morgan fingerprint density at radius 2 is 1.83 bits per heavy atom. The molecule has 0 heterocycles. The fourth-order valence-electron chi connectivity index (χ4n) is 1.29. The predicted molar refractivity (Wildman–Crippen MR) is 48.6 cm³/mol. The summed E-state index contributed by atoms with van der Waals surface area (Å²) in [6.45, 7) is 4.18. The Balaban J connectivity index is 3.14. The topological polar surface area (TPSA) is 26.0 Å². The van der Waals surface area contributed by atoms with Gasteiger partial charge >= 0.3 is 0 Å². The first-order chi connectivity index (χ1) is 5.66. The highest BCUT2D eigenvalue weighted by atomic mass is 19.1. The molecule has 0 aromatic heterocycles. The number of hydrogen-bond acceptors (Lipinski definition) is 1. The molecule has 1 nitrogen and oxygen atoms in total. The molecule has 0 unspecified atom stereocenters. The van der Waals surface area contributed by atoms with Crippen molar-refractivity contribution in [2.24, 2.45) is 5.73 Å². The Hall–Kier alpha value is -0.890. The van der Waals surface area contributed by atoms with Crippen molar-refractivity contribution < 1.29 is 4.39 Å². The van der Waals surface area contributed by atoms with Crippen LogP contribution in [-0.4, -0.2) is 6.54 Å². The van der Waals surface area contributed by atoms with E-state index < -0.39 is 0 Å². The number of benzene rings is 1. The molecule has 12 heavy (non-hydrogen) atoms. The fourth-order valence-corrected chi connectivity index (χ4v) is 1.29. The zero-order valence-electron chi connectivity index (χ0n) is 7.52. The van der Waals surface area contributed by atoms with Crippen LogP contribution in [0.5, 0.6) is 0 Å². The molecule has 0 saturated carbocycles. The lowest BCUT2D eigenvalue weighted by molar-refractivity contribution is 0.598. The lowest BCUT2D eigenvalue weighted by atomic mass is 10.0. The number of nitrogens with two attached hydrogens (primary N) is 1. The third-order valence-electron chi connectivity index (χ3n) is 2.06. The molecule has 2 N–H and O–H groups in total. The summed E-state index contributed by atoms with van der Waals surface area (Å²) >= 11 is 0. The van der Waals surface area contributed by atoms with Crippen LogP contribution in [0.3, 0.4) is 0 Å². The predicted octanol–water partition coefficient (Wildman–Crippen LogP) is 1.94. The standard InChI is InChI=1S/C10H14FN/c1-7-3-4-8(2)10(11)9(7)5-6-12/h3-4H,5-6,12H2,1-2H3. The number of aryl methyl sites for hydroxylation is 2. The van der Waals surface area contributed by atoms with Gasteiger partial charge < -0.3 is 5.73 Å². The minimum absolute atomic E-state index is 0.0968. The maximum absolute atomic E-state index is 13.4. The maximum Gasteiger partial charge on any atom is 0.129 e. The largest absolute Gasteiger partial charge is 0.330 e. The number of halogens is 1. The van der Waals surface area contributed by atoms with Gasteiger partial charge in [0.1, 0.15) is 5.82 Å². The quantitative estimate of drug-likeness (QED) is 0.715. The van der Waals surface area contributed by atoms with Crippen molar-refractivity contribution >= 4 is 0 Å². The number of rotatable bonds is 2. The third-order valence-corrected chi connectivity index (χ3v) is 2.06. The van der Waals surface area contributed by atoms with E-state index in [1.807, 2.05) is 13.0 Å². The van der Waals surface area contributed by atoms with E-state index in [-0.39, 0.29) is 5.82 Å². The minimum Gasteiger partial charge on any atom is -0.330 e. The monoisotopic (exact) mass is 167 g/mol. The van der Waals surface area contributed by atoms with Crippen molar-refractivity contribution in [1.29, 1.82) is 0 Å². The molecule has 1 aromatic rings. The van der Waals surface area contributed by atoms with Crippen molar-refractivity contribution in [3.05, 3.63) is 34.6 Å². The van der Waals surface area contributed by atoms with Crippen LogP contribution in [0.15, 0.2) is 12.1 Å². The summed E-state index contributed by atoms with van der Waals surface area (Å²) in [6.07, 6.45) is 0.624. The van der Waals surface area contributed by atoms with Gasteiger partial charge in [0, 0.05) is 0 Å². The van der Waals surface area contributed by atoms with E-state index in [9.17, 15) is 4.39 Å². The molecule has 1 aromatic carbocycles. The molecule has 0 aliphatic carbocycles. The Morgan fingerprint density at radius 1 is 1.25 bits per heavy atom. The fraction of sp³-hybridized carbons (Fsp3) is 0.400. The summed E-state index contributed by atoms with van der Waals surface area (Å²) < 4.78 is 13.4. The van der Waals surface area contributed by atoms with Gasteiger partial charge in [-0.05, 0) is 43.5 Å². The third kappa shape index (κ3) is 1.64. The molecular formula is C10H14FN. The zero-order chi connectivity index (χ0) is 9.14. The Morgan fingerprint density at radius 3 is 2.42 bits per heavy atom. The van der Waals surface area contributed by atoms with E-state index in [2.05, 4.69) is 0 Å². The molecule has 0 atom stereocenters. The highest BCUT2D eigenvalue weighted by Gasteiger charge is 2.06. The molecule has 1 rings (SSSR count). The van der Waals surface area contributed by atoms with Crippen molar-refractivity contribution in [3.63, 3.8) is 0 Å². The van der Waals surface area contributed by atoms with E-state index in [4.69, 9.17) is 5.73 Å². The molecule has 66 valence electrons. The average Bonchev–Trinajstić information content (AvgIpc) is 2.06. The van der Waals surface area contributed by atoms with Crippen LogP contribution < -0.4 is 5.73 Å². The first-order valence-electron chi connectivity index (χ1n) is 4.11. The summed E-state index contributed by atoms with van der Waals surface area (Å²) in [5.74, 6) is -0.0968. The van der Waals surface area contributed by atoms with E-state index >= 15 is 0 Å². The molecule has 0 spiro atoms. The Bertz CT molecular complexity index is 281. The maximum atomic E-state index is 13.4. The van der Waals surface area contributed by atoms with Gasteiger partial charge in [-0.2, -0.15) is 0 Å². The lowest BCUT2D eigenvalue weighted by Gasteiger charge is -2.07. The molecule has 2 heteroatoms. The highest BCUT2D eigenvalue weighted by Crippen LogP contribution is 2.16. The van der Waals surface area contributed by atoms with Crippen LogP contribution in [0.2, 0.25) is 0 Å². The summed E-state index contributed by atoms with van der Waals surface area (Å²) in [5, 5.41) is 0. The van der Waals surface area contributed by atoms with E-state index in [0.717, 1.165) is 11.1 Å². The van der Waals surface area contributed by atoms with Crippen LogP contribution in [0, 0.1) is 19.7 Å². The Kier molecular flexibility index (Phi) is 2.82. The van der Waals surface area contributed by atoms with E-state index in [1.54, 1.807) is 13.0 Å². The Labute approximate surface area is 72.4 Å². The molecule has 0 aliphatic rings. The van der Waals surface area contributed by atoms with Crippen LogP contribution in [-0.2, 0) is 6.42 Å². The molecule has 0 saturated heterocycles. The van der Waals surface area contributed by atoms with Crippen molar-refractivity contribution in [2.75, 3.05) is 6.54 Å². The molecular weight excluding hydrogens is 153 g/mol. The molecule has 0 radical (unpaired) electrons. The SMILES string of the molecule is Cc1ccc(C)c(CCN)c1F. The summed E-state index contributed by atoms with van der Waals surface area (Å²) in [4.78, 5) is 0. The summed E-state index contributed by atoms with van der Waals surface area (Å²) in [6, 6.07) is 3.73. The van der Waals surface area contributed by atoms with E-state index in [1.165, 1.54) is 0 Å². The normalized spacial score (nSPS) is 10.3. The first kappa shape index (κ1) is 9.20. The lowest BCUT2D eigenvalue weighted by Crippen LogP contribution is -2.07. The second kappa shape index (κ2) is 3.68. The van der Waals surface area contributed by atoms with Gasteiger partial charge in [0.05, 0.1) is 0 Å². The van der Waals surface area contributed by atoms with Crippen LogP contribution in [0.25, 0.3) is 0 Å². The van der Waals surface area contributed by atoms with Crippen LogP contribution in [0.4, 0.5) is 4.39 Å². The van der Waals surface area contributed by atoms with Gasteiger partial charge in [-0.3, -0.25) is 0 Å². The smallest absolute Gasteiger partial charge is 0.129 e. The van der Waals surface area contributed by atoms with Crippen LogP contribution >= 0.6 is 0 Å². The summed E-state index contributed by atoms with van der Waals surface area (Å²) in [7, 11) is 0. The highest BCUT2D eigenvalue weighted by molar-refractivity contribution is 5.32. The van der Waals surface area contributed by atoms with Gasteiger partial charge in [0.2, 0.25) is 0 Å². The number of hydrogen-bond donors (Lipinski definition) is 1. The second-order valence-electron chi connectivity index (χ2n) is 3.03. The minimum atomic E-state index is -0.0968. The van der Waals surface area contributed by atoms with Gasteiger partial charge in [0.25, 0.3) is 0 Å². The zero-order valence-corrected chi connectivity index (χ0v) is 7.52. The second-order valence-corrected chi connectivity index (χ2v) is 3.03.